The zero-order chi connectivity index (χ0) is 21.5. The molecule has 0 radical (unpaired) electrons. The average Bonchev–Trinajstić information content (AvgIpc) is 3.32. The summed E-state index contributed by atoms with van der Waals surface area (Å²) in [6.07, 6.45) is 2.30. The quantitative estimate of drug-likeness (QED) is 0.574. The van der Waals surface area contributed by atoms with Gasteiger partial charge < -0.3 is 0 Å². The van der Waals surface area contributed by atoms with Crippen LogP contribution >= 0.6 is 22.9 Å². The van der Waals surface area contributed by atoms with Crippen LogP contribution in [0.4, 0.5) is 4.39 Å². The molecular formula is C19H20ClFN4O3S2. The first-order valence-corrected chi connectivity index (χ1v) is 12.5. The van der Waals surface area contributed by atoms with Gasteiger partial charge in [-0.1, -0.05) is 17.7 Å². The fourth-order valence-corrected chi connectivity index (χ4v) is 5.50. The van der Waals surface area contributed by atoms with Crippen LogP contribution in [0.5, 0.6) is 0 Å². The number of hydrogen-bond donors (Lipinski definition) is 0. The van der Waals surface area contributed by atoms with Gasteiger partial charge in [0, 0.05) is 29.6 Å². The third-order valence-electron chi connectivity index (χ3n) is 5.25. The summed E-state index contributed by atoms with van der Waals surface area (Å²) in [6.45, 7) is 0.653. The van der Waals surface area contributed by atoms with Crippen molar-refractivity contribution in [3.8, 4) is 5.00 Å². The van der Waals surface area contributed by atoms with Crippen LogP contribution in [0.25, 0.3) is 5.00 Å². The highest BCUT2D eigenvalue weighted by Crippen LogP contribution is 2.30. The Hall–Kier alpha value is -2.01. The second kappa shape index (κ2) is 8.26. The van der Waals surface area contributed by atoms with E-state index in [1.54, 1.807) is 10.6 Å². The van der Waals surface area contributed by atoms with E-state index in [-0.39, 0.29) is 28.7 Å². The zero-order valence-electron chi connectivity index (χ0n) is 16.2. The van der Waals surface area contributed by atoms with Crippen molar-refractivity contribution in [1.82, 2.24) is 18.7 Å². The molecule has 0 N–H and O–H groups in total. The Morgan fingerprint density at radius 3 is 2.57 bits per heavy atom. The topological polar surface area (TPSA) is 77.2 Å². The highest BCUT2D eigenvalue weighted by molar-refractivity contribution is 7.88. The molecule has 0 saturated carbocycles. The lowest BCUT2D eigenvalue weighted by Gasteiger charge is -2.29. The molecule has 160 valence electrons. The maximum atomic E-state index is 14.3. The largest absolute Gasteiger partial charge is 0.351 e. The normalized spacial score (nSPS) is 16.2. The van der Waals surface area contributed by atoms with Crippen molar-refractivity contribution < 1.29 is 12.8 Å². The minimum absolute atomic E-state index is 0.0854. The van der Waals surface area contributed by atoms with Gasteiger partial charge in [0.2, 0.25) is 10.0 Å². The monoisotopic (exact) mass is 470 g/mol. The Morgan fingerprint density at radius 2 is 1.97 bits per heavy atom. The summed E-state index contributed by atoms with van der Waals surface area (Å²) < 4.78 is 42.1. The summed E-state index contributed by atoms with van der Waals surface area (Å²) in [4.78, 5) is 13.2. The standard InChI is InChI=1S/C19H20ClFN4O3S2/c1-30(27,28)23-9-7-13(8-10-23)18-22-24(12-14-15(20)4-2-5-16(14)21)19(26)25(18)17-6-3-11-29-17/h2-6,11,13H,7-10,12H2,1H3. The number of nitrogens with zero attached hydrogens (tertiary/aromatic N) is 4. The van der Waals surface area contributed by atoms with Gasteiger partial charge in [0.05, 0.1) is 12.8 Å². The van der Waals surface area contributed by atoms with Crippen LogP contribution < -0.4 is 5.69 Å². The third-order valence-corrected chi connectivity index (χ3v) is 7.76. The molecule has 30 heavy (non-hydrogen) atoms. The molecular weight excluding hydrogens is 451 g/mol. The van der Waals surface area contributed by atoms with E-state index in [0.717, 1.165) is 0 Å². The van der Waals surface area contributed by atoms with E-state index >= 15 is 0 Å². The van der Waals surface area contributed by atoms with Gasteiger partial charge in [-0.05, 0) is 42.5 Å². The summed E-state index contributed by atoms with van der Waals surface area (Å²) >= 11 is 7.54. The molecule has 0 aliphatic carbocycles. The van der Waals surface area contributed by atoms with Crippen molar-refractivity contribution in [3.05, 3.63) is 68.4 Å². The van der Waals surface area contributed by atoms with Crippen molar-refractivity contribution in [2.45, 2.75) is 25.3 Å². The number of rotatable bonds is 5. The Balaban J connectivity index is 1.72. The van der Waals surface area contributed by atoms with Crippen LogP contribution in [0.3, 0.4) is 0 Å². The van der Waals surface area contributed by atoms with Crippen LogP contribution in [0.1, 0.15) is 30.1 Å². The van der Waals surface area contributed by atoms with E-state index in [1.165, 1.54) is 38.7 Å². The fraction of sp³-hybridized carbons (Fsp3) is 0.368. The van der Waals surface area contributed by atoms with E-state index in [4.69, 9.17) is 11.6 Å². The van der Waals surface area contributed by atoms with Gasteiger partial charge in [-0.2, -0.15) is 5.10 Å². The first-order chi connectivity index (χ1) is 14.3. The van der Waals surface area contributed by atoms with Crippen LogP contribution in [0, 0.1) is 5.82 Å². The van der Waals surface area contributed by atoms with E-state index < -0.39 is 15.8 Å². The number of piperidine rings is 1. The Kier molecular flexibility index (Phi) is 5.84. The number of sulfonamides is 1. The van der Waals surface area contributed by atoms with Crippen molar-refractivity contribution in [2.75, 3.05) is 19.3 Å². The summed E-state index contributed by atoms with van der Waals surface area (Å²) in [5, 5.41) is 7.34. The predicted octanol–water partition coefficient (Wildman–Crippen LogP) is 3.08. The minimum atomic E-state index is -3.25. The summed E-state index contributed by atoms with van der Waals surface area (Å²) in [5.74, 6) is -0.0266. The van der Waals surface area contributed by atoms with E-state index in [2.05, 4.69) is 5.10 Å². The molecule has 1 aromatic carbocycles. The first kappa shape index (κ1) is 21.2. The van der Waals surface area contributed by atoms with Crippen LogP contribution in [-0.2, 0) is 16.6 Å². The molecule has 1 saturated heterocycles. The fourth-order valence-electron chi connectivity index (χ4n) is 3.67. The molecule has 0 atom stereocenters. The van der Waals surface area contributed by atoms with Crippen LogP contribution in [0.15, 0.2) is 40.5 Å². The molecule has 7 nitrogen and oxygen atoms in total. The van der Waals surface area contributed by atoms with Gasteiger partial charge in [0.25, 0.3) is 0 Å². The number of thiophene rings is 1. The molecule has 4 rings (SSSR count). The van der Waals surface area contributed by atoms with Crippen LogP contribution in [0.2, 0.25) is 5.02 Å². The van der Waals surface area contributed by atoms with Crippen molar-refractivity contribution in [2.24, 2.45) is 0 Å². The number of hydrogen-bond acceptors (Lipinski definition) is 5. The maximum absolute atomic E-state index is 14.3. The van der Waals surface area contributed by atoms with E-state index in [9.17, 15) is 17.6 Å². The molecule has 0 unspecified atom stereocenters. The average molecular weight is 471 g/mol. The van der Waals surface area contributed by atoms with Gasteiger partial charge >= 0.3 is 5.69 Å². The number of aromatic nitrogens is 3. The molecule has 2 aromatic heterocycles. The van der Waals surface area contributed by atoms with Crippen LogP contribution in [-0.4, -0.2) is 46.4 Å². The van der Waals surface area contributed by atoms with Crippen molar-refractivity contribution in [1.29, 1.82) is 0 Å². The lowest BCUT2D eigenvalue weighted by molar-refractivity contribution is 0.313. The highest BCUT2D eigenvalue weighted by atomic mass is 35.5. The smallest absolute Gasteiger partial charge is 0.246 e. The SMILES string of the molecule is CS(=O)(=O)N1CCC(c2nn(Cc3c(F)cccc3Cl)c(=O)n2-c2cccs2)CC1. The van der Waals surface area contributed by atoms with Gasteiger partial charge in [0.1, 0.15) is 16.6 Å². The lowest BCUT2D eigenvalue weighted by Crippen LogP contribution is -2.37. The second-order valence-electron chi connectivity index (χ2n) is 7.22. The van der Waals surface area contributed by atoms with Gasteiger partial charge in [0.15, 0.2) is 0 Å². The molecule has 1 fully saturated rings. The summed E-state index contributed by atoms with van der Waals surface area (Å²) in [5.41, 5.74) is -0.173. The van der Waals surface area contributed by atoms with Gasteiger partial charge in [-0.3, -0.25) is 0 Å². The molecule has 0 spiro atoms. The molecule has 1 aliphatic heterocycles. The first-order valence-electron chi connectivity index (χ1n) is 9.37. The zero-order valence-corrected chi connectivity index (χ0v) is 18.6. The molecule has 1 aliphatic rings. The highest BCUT2D eigenvalue weighted by Gasteiger charge is 2.30. The van der Waals surface area contributed by atoms with Crippen molar-refractivity contribution in [3.63, 3.8) is 0 Å². The molecule has 0 amide bonds. The Morgan fingerprint density at radius 1 is 1.23 bits per heavy atom. The predicted molar refractivity (Wildman–Crippen MR) is 115 cm³/mol. The van der Waals surface area contributed by atoms with Gasteiger partial charge in [-0.15, -0.1) is 11.3 Å². The maximum Gasteiger partial charge on any atom is 0.351 e. The molecule has 0 bridgehead atoms. The third kappa shape index (κ3) is 4.09. The van der Waals surface area contributed by atoms with E-state index in [0.29, 0.717) is 36.8 Å². The molecule has 3 aromatic rings. The Bertz CT molecular complexity index is 1190. The second-order valence-corrected chi connectivity index (χ2v) is 10.5. The molecule has 11 heteroatoms. The lowest BCUT2D eigenvalue weighted by atomic mass is 9.97. The summed E-state index contributed by atoms with van der Waals surface area (Å²) in [7, 11) is -3.25. The van der Waals surface area contributed by atoms with Crippen molar-refractivity contribution >= 4 is 33.0 Å². The summed E-state index contributed by atoms with van der Waals surface area (Å²) in [6, 6.07) is 8.04. The number of halogens is 2. The minimum Gasteiger partial charge on any atom is -0.246 e. The number of benzene rings is 1. The van der Waals surface area contributed by atoms with Gasteiger partial charge in [-0.25, -0.2) is 31.2 Å². The molecule has 3 heterocycles. The Labute approximate surface area is 182 Å². The van der Waals surface area contributed by atoms with E-state index in [1.807, 2.05) is 17.5 Å².